The molecule has 7 rings (SSSR count). The summed E-state index contributed by atoms with van der Waals surface area (Å²) >= 11 is 0. The van der Waals surface area contributed by atoms with Crippen molar-refractivity contribution in [2.45, 2.75) is 88.9 Å². The molecule has 0 saturated heterocycles. The number of imidazole rings is 1. The standard InChI is InChI=1S/C29H36N2O3/c32-28(33-18-20-8-4-3-5-9-20)26-25(30-27(31-26)24-10-6-1-2-7-11-24)19-34-29-15-21-12-22(16-29)14-23(13-21)17-29/h1-5,8-9,21-24H,6-7,10-19H2,(H,30,31). The number of nitrogens with one attached hydrogen (secondary N) is 1. The van der Waals surface area contributed by atoms with Crippen molar-refractivity contribution in [1.29, 1.82) is 0 Å². The van der Waals surface area contributed by atoms with Gasteiger partial charge < -0.3 is 14.5 Å². The summed E-state index contributed by atoms with van der Waals surface area (Å²) in [5.74, 6) is 3.39. The number of benzene rings is 1. The number of aromatic amines is 1. The highest BCUT2D eigenvalue weighted by molar-refractivity contribution is 5.88. The summed E-state index contributed by atoms with van der Waals surface area (Å²) in [7, 11) is 0. The van der Waals surface area contributed by atoms with Crippen molar-refractivity contribution in [2.75, 3.05) is 0 Å². The van der Waals surface area contributed by atoms with E-state index in [-0.39, 0.29) is 18.2 Å². The van der Waals surface area contributed by atoms with Crippen LogP contribution < -0.4 is 0 Å². The number of hydrogen-bond donors (Lipinski definition) is 1. The Labute approximate surface area is 202 Å². The number of nitrogens with zero attached hydrogens (tertiary/aromatic N) is 1. The van der Waals surface area contributed by atoms with Gasteiger partial charge in [0.15, 0.2) is 5.69 Å². The molecule has 0 spiro atoms. The van der Waals surface area contributed by atoms with Crippen molar-refractivity contribution in [3.05, 3.63) is 65.3 Å². The Bertz CT molecular complexity index is 996. The average Bonchev–Trinajstić information content (AvgIpc) is 3.07. The van der Waals surface area contributed by atoms with Crippen LogP contribution in [0.2, 0.25) is 0 Å². The third-order valence-corrected chi connectivity index (χ3v) is 8.62. The van der Waals surface area contributed by atoms with Crippen LogP contribution in [0.3, 0.4) is 0 Å². The monoisotopic (exact) mass is 460 g/mol. The molecule has 5 aliphatic rings. The predicted molar refractivity (Wildman–Crippen MR) is 130 cm³/mol. The number of ether oxygens (including phenoxy) is 2. The van der Waals surface area contributed by atoms with E-state index in [0.717, 1.165) is 60.5 Å². The topological polar surface area (TPSA) is 64.2 Å². The Balaban J connectivity index is 1.20. The molecule has 1 N–H and O–H groups in total. The largest absolute Gasteiger partial charge is 0.456 e. The average molecular weight is 461 g/mol. The van der Waals surface area contributed by atoms with E-state index in [2.05, 4.69) is 17.1 Å². The number of H-pyrrole nitrogens is 1. The summed E-state index contributed by atoms with van der Waals surface area (Å²) in [5.41, 5.74) is 2.18. The molecule has 5 aliphatic carbocycles. The van der Waals surface area contributed by atoms with Crippen molar-refractivity contribution in [3.8, 4) is 0 Å². The fourth-order valence-corrected chi connectivity index (χ4v) is 7.37. The van der Waals surface area contributed by atoms with Crippen LogP contribution in [-0.2, 0) is 22.7 Å². The highest BCUT2D eigenvalue weighted by atomic mass is 16.5. The number of aromatic nitrogens is 2. The van der Waals surface area contributed by atoms with E-state index in [4.69, 9.17) is 14.5 Å². The Morgan fingerprint density at radius 2 is 1.59 bits per heavy atom. The number of carbonyl (C=O) groups is 1. The Hall–Kier alpha value is -2.40. The van der Waals surface area contributed by atoms with Crippen LogP contribution in [0, 0.1) is 17.8 Å². The SMILES string of the molecule is O=C(OCc1ccccc1)c1nc(C2CCC=CCC2)[nH]c1COC12CC3CC(CC(C3)C1)C2. The fourth-order valence-electron chi connectivity index (χ4n) is 7.37. The van der Waals surface area contributed by atoms with E-state index in [0.29, 0.717) is 18.2 Å². The molecular weight excluding hydrogens is 424 g/mol. The highest BCUT2D eigenvalue weighted by Crippen LogP contribution is 2.57. The van der Waals surface area contributed by atoms with Crippen molar-refractivity contribution in [3.63, 3.8) is 0 Å². The minimum atomic E-state index is -0.359. The highest BCUT2D eigenvalue weighted by Gasteiger charge is 2.51. The molecule has 1 aromatic carbocycles. The van der Waals surface area contributed by atoms with Gasteiger partial charge >= 0.3 is 5.97 Å². The second-order valence-electron chi connectivity index (χ2n) is 11.2. The normalized spacial score (nSPS) is 30.4. The van der Waals surface area contributed by atoms with Crippen LogP contribution in [0.15, 0.2) is 42.5 Å². The summed E-state index contributed by atoms with van der Waals surface area (Å²) in [5, 5.41) is 0. The molecule has 1 heterocycles. The fraction of sp³-hybridized carbons (Fsp3) is 0.586. The minimum Gasteiger partial charge on any atom is -0.456 e. The van der Waals surface area contributed by atoms with Gasteiger partial charge in [-0.25, -0.2) is 9.78 Å². The zero-order chi connectivity index (χ0) is 23.0. The molecule has 180 valence electrons. The molecule has 4 saturated carbocycles. The summed E-state index contributed by atoms with van der Waals surface area (Å²) in [4.78, 5) is 21.5. The molecule has 2 aromatic rings. The number of esters is 1. The van der Waals surface area contributed by atoms with Gasteiger partial charge in [-0.2, -0.15) is 0 Å². The number of allylic oxidation sites excluding steroid dienone is 2. The first-order valence-electron chi connectivity index (χ1n) is 13.2. The molecule has 0 unspecified atom stereocenters. The predicted octanol–water partition coefficient (Wildman–Crippen LogP) is 6.47. The molecule has 4 fully saturated rings. The lowest BCUT2D eigenvalue weighted by Crippen LogP contribution is -2.51. The van der Waals surface area contributed by atoms with Crippen LogP contribution in [0.5, 0.6) is 0 Å². The molecule has 0 amide bonds. The molecule has 5 heteroatoms. The molecular formula is C29H36N2O3. The number of rotatable bonds is 7. The van der Waals surface area contributed by atoms with E-state index >= 15 is 0 Å². The number of carbonyl (C=O) groups excluding carboxylic acids is 1. The molecule has 4 bridgehead atoms. The van der Waals surface area contributed by atoms with E-state index in [1.165, 1.54) is 38.5 Å². The second-order valence-corrected chi connectivity index (χ2v) is 11.2. The second kappa shape index (κ2) is 9.33. The zero-order valence-electron chi connectivity index (χ0n) is 20.0. The van der Waals surface area contributed by atoms with E-state index in [1.54, 1.807) is 0 Å². The maximum Gasteiger partial charge on any atom is 0.359 e. The molecule has 34 heavy (non-hydrogen) atoms. The van der Waals surface area contributed by atoms with Crippen LogP contribution in [0.1, 0.15) is 97.7 Å². The van der Waals surface area contributed by atoms with Crippen molar-refractivity contribution in [1.82, 2.24) is 9.97 Å². The van der Waals surface area contributed by atoms with E-state index in [9.17, 15) is 4.79 Å². The third-order valence-electron chi connectivity index (χ3n) is 8.62. The Morgan fingerprint density at radius 1 is 0.941 bits per heavy atom. The quantitative estimate of drug-likeness (QED) is 0.380. The Kier molecular flexibility index (Phi) is 6.06. The van der Waals surface area contributed by atoms with Gasteiger partial charge in [0.05, 0.1) is 17.9 Å². The van der Waals surface area contributed by atoms with Crippen molar-refractivity contribution >= 4 is 5.97 Å². The van der Waals surface area contributed by atoms with Gasteiger partial charge in [0.1, 0.15) is 12.4 Å². The van der Waals surface area contributed by atoms with Gasteiger partial charge in [0.2, 0.25) is 0 Å². The van der Waals surface area contributed by atoms with Gasteiger partial charge in [-0.15, -0.1) is 0 Å². The first-order chi connectivity index (χ1) is 16.7. The van der Waals surface area contributed by atoms with Gasteiger partial charge in [-0.3, -0.25) is 0 Å². The lowest BCUT2D eigenvalue weighted by molar-refractivity contribution is -0.169. The molecule has 5 nitrogen and oxygen atoms in total. The maximum absolute atomic E-state index is 13.2. The summed E-state index contributed by atoms with van der Waals surface area (Å²) < 4.78 is 12.4. The zero-order valence-corrected chi connectivity index (χ0v) is 20.0. The maximum atomic E-state index is 13.2. The van der Waals surface area contributed by atoms with Crippen molar-refractivity contribution < 1.29 is 14.3 Å². The van der Waals surface area contributed by atoms with Gasteiger partial charge in [0, 0.05) is 5.92 Å². The lowest BCUT2D eigenvalue weighted by Gasteiger charge is -2.56. The van der Waals surface area contributed by atoms with Crippen LogP contribution in [0.25, 0.3) is 0 Å². The Morgan fingerprint density at radius 3 is 2.24 bits per heavy atom. The minimum absolute atomic E-state index is 0.00250. The first kappa shape index (κ1) is 22.1. The smallest absolute Gasteiger partial charge is 0.359 e. The van der Waals surface area contributed by atoms with Crippen molar-refractivity contribution in [2.24, 2.45) is 17.8 Å². The number of hydrogen-bond acceptors (Lipinski definition) is 4. The van der Waals surface area contributed by atoms with E-state index in [1.807, 2.05) is 30.3 Å². The molecule has 0 radical (unpaired) electrons. The first-order valence-corrected chi connectivity index (χ1v) is 13.2. The van der Waals surface area contributed by atoms with Gasteiger partial charge in [-0.1, -0.05) is 42.5 Å². The van der Waals surface area contributed by atoms with Crippen LogP contribution in [-0.4, -0.2) is 21.5 Å². The van der Waals surface area contributed by atoms with E-state index < -0.39 is 0 Å². The lowest BCUT2D eigenvalue weighted by atomic mass is 9.54. The van der Waals surface area contributed by atoms with Gasteiger partial charge in [0.25, 0.3) is 0 Å². The van der Waals surface area contributed by atoms with Crippen LogP contribution >= 0.6 is 0 Å². The summed E-state index contributed by atoms with van der Waals surface area (Å²) in [6, 6.07) is 9.83. The molecule has 0 atom stereocenters. The molecule has 1 aromatic heterocycles. The van der Waals surface area contributed by atoms with Crippen LogP contribution in [0.4, 0.5) is 0 Å². The third kappa shape index (κ3) is 4.59. The van der Waals surface area contributed by atoms with Gasteiger partial charge in [-0.05, 0) is 87.5 Å². The molecule has 0 aliphatic heterocycles. The summed E-state index contributed by atoms with van der Waals surface area (Å²) in [6.45, 7) is 0.671. The summed E-state index contributed by atoms with van der Waals surface area (Å²) in [6.07, 6.45) is 16.5.